The predicted molar refractivity (Wildman–Crippen MR) is 111 cm³/mol. The van der Waals surface area contributed by atoms with E-state index in [4.69, 9.17) is 0 Å². The molecule has 1 aromatic carbocycles. The average Bonchev–Trinajstić information content (AvgIpc) is 2.77. The van der Waals surface area contributed by atoms with Gasteiger partial charge >= 0.3 is 6.18 Å². The molecule has 1 aliphatic heterocycles. The lowest BCUT2D eigenvalue weighted by atomic mass is 10.2. The van der Waals surface area contributed by atoms with E-state index in [9.17, 15) is 26.4 Å². The summed E-state index contributed by atoms with van der Waals surface area (Å²) in [5.41, 5.74) is -0.101. The Kier molecular flexibility index (Phi) is 7.60. The number of hydrogen-bond acceptors (Lipinski definition) is 5. The van der Waals surface area contributed by atoms with Crippen molar-refractivity contribution >= 4 is 27.7 Å². The van der Waals surface area contributed by atoms with Gasteiger partial charge < -0.3 is 5.32 Å². The second kappa shape index (κ2) is 10.0. The Balaban J connectivity index is 1.48. The molecular weight excluding hydrogens is 451 g/mol. The number of piperidine rings is 1. The lowest BCUT2D eigenvalue weighted by molar-refractivity contribution is -0.137. The Morgan fingerprint density at radius 1 is 1.06 bits per heavy atom. The summed E-state index contributed by atoms with van der Waals surface area (Å²) in [6.07, 6.45) is -0.944. The molecule has 168 valence electrons. The van der Waals surface area contributed by atoms with E-state index in [0.717, 1.165) is 48.9 Å². The molecule has 0 spiro atoms. The van der Waals surface area contributed by atoms with Gasteiger partial charge in [-0.3, -0.25) is 4.79 Å². The fourth-order valence-electron chi connectivity index (χ4n) is 3.06. The molecule has 0 radical (unpaired) electrons. The van der Waals surface area contributed by atoms with E-state index < -0.39 is 21.8 Å². The monoisotopic (exact) mass is 473 g/mol. The molecule has 1 saturated heterocycles. The van der Waals surface area contributed by atoms with Gasteiger partial charge in [0.25, 0.3) is 0 Å². The summed E-state index contributed by atoms with van der Waals surface area (Å²) in [6, 6.07) is 8.52. The van der Waals surface area contributed by atoms with Crippen LogP contribution in [0.3, 0.4) is 0 Å². The molecule has 2 aromatic rings. The van der Waals surface area contributed by atoms with Gasteiger partial charge in [-0.15, -0.1) is 0 Å². The number of carbonyl (C=O) groups is 1. The van der Waals surface area contributed by atoms with Crippen molar-refractivity contribution in [2.75, 3.05) is 18.8 Å². The van der Waals surface area contributed by atoms with Crippen molar-refractivity contribution in [1.82, 2.24) is 14.6 Å². The van der Waals surface area contributed by atoms with E-state index in [-0.39, 0.29) is 23.1 Å². The minimum absolute atomic E-state index is 0.000211. The maximum atomic E-state index is 12.6. The fourth-order valence-corrected chi connectivity index (χ4v) is 5.25. The maximum Gasteiger partial charge on any atom is 0.417 e. The second-order valence-corrected chi connectivity index (χ2v) is 9.99. The summed E-state index contributed by atoms with van der Waals surface area (Å²) in [5, 5.41) is 3.01. The maximum absolute atomic E-state index is 12.6. The standard InChI is InChI=1S/C20H22F3N3O3S2/c21-20(22,23)16-6-9-19(25-13-16)30-14-18(27)24-12-15-4-7-17(8-5-15)31(28,29)26-10-2-1-3-11-26/h4-9,13H,1-3,10-12,14H2,(H,24,27). The number of amides is 1. The highest BCUT2D eigenvalue weighted by Gasteiger charge is 2.30. The smallest absolute Gasteiger partial charge is 0.351 e. The summed E-state index contributed by atoms with van der Waals surface area (Å²) in [5.74, 6) is -0.309. The van der Waals surface area contributed by atoms with Gasteiger partial charge in [0, 0.05) is 25.8 Å². The Morgan fingerprint density at radius 3 is 2.32 bits per heavy atom. The first kappa shape index (κ1) is 23.6. The molecule has 1 aromatic heterocycles. The molecule has 0 aliphatic carbocycles. The molecule has 1 amide bonds. The Morgan fingerprint density at radius 2 is 1.74 bits per heavy atom. The Bertz CT molecular complexity index is 989. The first-order valence-corrected chi connectivity index (χ1v) is 12.1. The van der Waals surface area contributed by atoms with Crippen LogP contribution in [0.15, 0.2) is 52.5 Å². The molecule has 6 nitrogen and oxygen atoms in total. The number of benzene rings is 1. The highest BCUT2D eigenvalue weighted by Crippen LogP contribution is 2.29. The minimum Gasteiger partial charge on any atom is -0.351 e. The molecule has 0 unspecified atom stereocenters. The van der Waals surface area contributed by atoms with Crippen LogP contribution in [-0.4, -0.2) is 42.5 Å². The summed E-state index contributed by atoms with van der Waals surface area (Å²) in [7, 11) is -3.50. The van der Waals surface area contributed by atoms with Gasteiger partial charge in [-0.1, -0.05) is 30.3 Å². The van der Waals surface area contributed by atoms with Crippen LogP contribution in [0.5, 0.6) is 0 Å². The van der Waals surface area contributed by atoms with E-state index in [0.29, 0.717) is 18.1 Å². The highest BCUT2D eigenvalue weighted by molar-refractivity contribution is 7.99. The topological polar surface area (TPSA) is 79.4 Å². The van der Waals surface area contributed by atoms with Gasteiger partial charge in [0.05, 0.1) is 21.2 Å². The van der Waals surface area contributed by atoms with Gasteiger partial charge in [-0.2, -0.15) is 17.5 Å². The van der Waals surface area contributed by atoms with Gasteiger partial charge in [-0.05, 0) is 42.7 Å². The zero-order chi connectivity index (χ0) is 22.5. The number of aromatic nitrogens is 1. The summed E-state index contributed by atoms with van der Waals surface area (Å²) in [4.78, 5) is 15.9. The number of halogens is 3. The van der Waals surface area contributed by atoms with Crippen LogP contribution < -0.4 is 5.32 Å². The molecule has 1 N–H and O–H groups in total. The van der Waals surface area contributed by atoms with Crippen LogP contribution in [0.4, 0.5) is 13.2 Å². The Hall–Kier alpha value is -2.11. The largest absolute Gasteiger partial charge is 0.417 e. The number of sulfonamides is 1. The van der Waals surface area contributed by atoms with Crippen molar-refractivity contribution in [1.29, 1.82) is 0 Å². The molecular formula is C20H22F3N3O3S2. The van der Waals surface area contributed by atoms with Crippen LogP contribution in [0, 0.1) is 0 Å². The third-order valence-electron chi connectivity index (χ3n) is 4.78. The lowest BCUT2D eigenvalue weighted by Crippen LogP contribution is -2.35. The number of alkyl halides is 3. The van der Waals surface area contributed by atoms with E-state index in [1.807, 2.05) is 0 Å². The number of carbonyl (C=O) groups excluding carboxylic acids is 1. The van der Waals surface area contributed by atoms with Crippen molar-refractivity contribution in [3.05, 3.63) is 53.7 Å². The molecule has 0 bridgehead atoms. The van der Waals surface area contributed by atoms with Crippen LogP contribution in [-0.2, 0) is 27.5 Å². The molecule has 3 rings (SSSR count). The van der Waals surface area contributed by atoms with E-state index >= 15 is 0 Å². The summed E-state index contributed by atoms with van der Waals surface area (Å²) < 4.78 is 64.4. The Labute approximate surface area is 183 Å². The van der Waals surface area contributed by atoms with Gasteiger partial charge in [0.1, 0.15) is 0 Å². The predicted octanol–water partition coefficient (Wildman–Crippen LogP) is 3.68. The third kappa shape index (κ3) is 6.44. The van der Waals surface area contributed by atoms with Crippen molar-refractivity contribution in [3.8, 4) is 0 Å². The molecule has 0 atom stereocenters. The van der Waals surface area contributed by atoms with Gasteiger partial charge in [0.2, 0.25) is 15.9 Å². The average molecular weight is 474 g/mol. The zero-order valence-electron chi connectivity index (χ0n) is 16.6. The van der Waals surface area contributed by atoms with E-state index in [1.165, 1.54) is 22.5 Å². The molecule has 0 saturated carbocycles. The summed E-state index contributed by atoms with van der Waals surface area (Å²) >= 11 is 1.03. The highest BCUT2D eigenvalue weighted by atomic mass is 32.2. The SMILES string of the molecule is O=C(CSc1ccc(C(F)(F)F)cn1)NCc1ccc(S(=O)(=O)N2CCCCC2)cc1. The molecule has 2 heterocycles. The minimum atomic E-state index is -4.45. The zero-order valence-corrected chi connectivity index (χ0v) is 18.2. The van der Waals surface area contributed by atoms with Crippen LogP contribution >= 0.6 is 11.8 Å². The van der Waals surface area contributed by atoms with Crippen molar-refractivity contribution < 1.29 is 26.4 Å². The number of hydrogen-bond donors (Lipinski definition) is 1. The van der Waals surface area contributed by atoms with Crippen LogP contribution in [0.2, 0.25) is 0 Å². The van der Waals surface area contributed by atoms with Crippen LogP contribution in [0.1, 0.15) is 30.4 Å². The first-order chi connectivity index (χ1) is 14.7. The summed E-state index contributed by atoms with van der Waals surface area (Å²) in [6.45, 7) is 1.28. The molecule has 1 aliphatic rings. The van der Waals surface area contributed by atoms with Gasteiger partial charge in [-0.25, -0.2) is 13.4 Å². The first-order valence-electron chi connectivity index (χ1n) is 9.68. The number of nitrogens with zero attached hydrogens (tertiary/aromatic N) is 2. The van der Waals surface area contributed by atoms with Crippen LogP contribution in [0.25, 0.3) is 0 Å². The normalized spacial score (nSPS) is 15.6. The number of pyridine rings is 1. The number of rotatable bonds is 7. The number of thioether (sulfide) groups is 1. The molecule has 11 heteroatoms. The molecule has 1 fully saturated rings. The third-order valence-corrected chi connectivity index (χ3v) is 7.64. The van der Waals surface area contributed by atoms with Crippen molar-refractivity contribution in [2.24, 2.45) is 0 Å². The molecule has 31 heavy (non-hydrogen) atoms. The van der Waals surface area contributed by atoms with Crippen molar-refractivity contribution in [3.63, 3.8) is 0 Å². The van der Waals surface area contributed by atoms with Gasteiger partial charge in [0.15, 0.2) is 0 Å². The van der Waals surface area contributed by atoms with Crippen molar-refractivity contribution in [2.45, 2.75) is 41.9 Å². The van der Waals surface area contributed by atoms with E-state index in [2.05, 4.69) is 10.3 Å². The van der Waals surface area contributed by atoms with E-state index in [1.54, 1.807) is 12.1 Å². The lowest BCUT2D eigenvalue weighted by Gasteiger charge is -2.25. The quantitative estimate of drug-likeness (QED) is 0.621. The fraction of sp³-hybridized carbons (Fsp3) is 0.400. The second-order valence-electron chi connectivity index (χ2n) is 7.06. The number of nitrogens with one attached hydrogen (secondary N) is 1.